The Morgan fingerprint density at radius 2 is 1.84 bits per heavy atom. The van der Waals surface area contributed by atoms with Gasteiger partial charge in [0.2, 0.25) is 0 Å². The van der Waals surface area contributed by atoms with Gasteiger partial charge in [-0.1, -0.05) is 12.1 Å². The molecule has 2 aromatic heterocycles. The molecule has 0 aliphatic heterocycles. The van der Waals surface area contributed by atoms with Crippen molar-refractivity contribution in [1.29, 1.82) is 0 Å². The maximum absolute atomic E-state index is 13.2. The molecule has 1 atom stereocenters. The van der Waals surface area contributed by atoms with E-state index in [0.29, 0.717) is 46.0 Å². The first-order valence-electron chi connectivity index (χ1n) is 12.4. The molecule has 4 aromatic rings. The summed E-state index contributed by atoms with van der Waals surface area (Å²) in [7, 11) is 4.85. The zero-order valence-electron chi connectivity index (χ0n) is 21.5. The van der Waals surface area contributed by atoms with Crippen LogP contribution in [-0.4, -0.2) is 53.3 Å². The topological polar surface area (TPSA) is 131 Å². The van der Waals surface area contributed by atoms with Crippen molar-refractivity contribution in [2.24, 2.45) is 0 Å². The lowest BCUT2D eigenvalue weighted by Crippen LogP contribution is -2.26. The van der Waals surface area contributed by atoms with Crippen LogP contribution in [0.3, 0.4) is 0 Å². The van der Waals surface area contributed by atoms with Gasteiger partial charge in [-0.05, 0) is 43.7 Å². The first kappa shape index (κ1) is 25.4. The molecule has 2 heterocycles. The highest BCUT2D eigenvalue weighted by Gasteiger charge is 2.26. The maximum Gasteiger partial charge on any atom is 0.255 e. The molecular formula is C28H30N6O4. The fraction of sp³-hybridized carbons (Fsp3) is 0.286. The SMILES string of the molecule is CNC(O)c1cnc(-c2cc3c(NCc4ccc(OC)cc4)c(C(=O)NC4CC4)cnc3cc2OC)cn1. The summed E-state index contributed by atoms with van der Waals surface area (Å²) in [6.07, 6.45) is 5.75. The van der Waals surface area contributed by atoms with Gasteiger partial charge < -0.3 is 25.2 Å². The lowest BCUT2D eigenvalue weighted by Gasteiger charge is -2.17. The Labute approximate surface area is 220 Å². The smallest absolute Gasteiger partial charge is 0.255 e. The molecule has 1 saturated carbocycles. The number of fused-ring (bicyclic) bond motifs is 1. The third kappa shape index (κ3) is 5.36. The number of aromatic nitrogens is 3. The van der Waals surface area contributed by atoms with E-state index in [-0.39, 0.29) is 11.9 Å². The second kappa shape index (κ2) is 11.0. The Bertz CT molecular complexity index is 1440. The number of amides is 1. The zero-order chi connectivity index (χ0) is 26.6. The number of methoxy groups -OCH3 is 2. The minimum Gasteiger partial charge on any atom is -0.497 e. The Balaban J connectivity index is 1.58. The summed E-state index contributed by atoms with van der Waals surface area (Å²) in [5, 5.41) is 20.0. The molecule has 0 bridgehead atoms. The number of anilines is 1. The molecule has 38 heavy (non-hydrogen) atoms. The van der Waals surface area contributed by atoms with E-state index < -0.39 is 6.23 Å². The van der Waals surface area contributed by atoms with Crippen LogP contribution in [0.15, 0.2) is 55.0 Å². The van der Waals surface area contributed by atoms with Crippen LogP contribution in [0.5, 0.6) is 11.5 Å². The number of carbonyl (C=O) groups excluding carboxylic acids is 1. The highest BCUT2D eigenvalue weighted by Crippen LogP contribution is 2.37. The highest BCUT2D eigenvalue weighted by atomic mass is 16.5. The molecule has 10 heteroatoms. The number of rotatable bonds is 10. The number of nitrogens with zero attached hydrogens (tertiary/aromatic N) is 3. The minimum absolute atomic E-state index is 0.165. The van der Waals surface area contributed by atoms with Crippen molar-refractivity contribution in [3.05, 3.63) is 71.8 Å². The normalized spacial score (nSPS) is 13.7. The van der Waals surface area contributed by atoms with Crippen LogP contribution >= 0.6 is 0 Å². The van der Waals surface area contributed by atoms with E-state index >= 15 is 0 Å². The Hall–Kier alpha value is -4.28. The number of hydrogen-bond acceptors (Lipinski definition) is 9. The third-order valence-electron chi connectivity index (χ3n) is 6.48. The van der Waals surface area contributed by atoms with E-state index in [4.69, 9.17) is 9.47 Å². The van der Waals surface area contributed by atoms with Gasteiger partial charge in [0.25, 0.3) is 5.91 Å². The summed E-state index contributed by atoms with van der Waals surface area (Å²) in [5.41, 5.74) is 4.48. The summed E-state index contributed by atoms with van der Waals surface area (Å²) in [6, 6.07) is 11.7. The zero-order valence-corrected chi connectivity index (χ0v) is 21.5. The van der Waals surface area contributed by atoms with Crippen LogP contribution in [0, 0.1) is 0 Å². The predicted octanol–water partition coefficient (Wildman–Crippen LogP) is 3.42. The van der Waals surface area contributed by atoms with Crippen LogP contribution in [0.4, 0.5) is 5.69 Å². The molecule has 4 N–H and O–H groups in total. The monoisotopic (exact) mass is 514 g/mol. The molecule has 1 amide bonds. The molecule has 0 saturated heterocycles. The summed E-state index contributed by atoms with van der Waals surface area (Å²) in [5.74, 6) is 1.18. The summed E-state index contributed by atoms with van der Waals surface area (Å²) >= 11 is 0. The van der Waals surface area contributed by atoms with E-state index in [9.17, 15) is 9.90 Å². The number of nitrogens with one attached hydrogen (secondary N) is 3. The van der Waals surface area contributed by atoms with Crippen LogP contribution in [0.1, 0.15) is 40.7 Å². The lowest BCUT2D eigenvalue weighted by atomic mass is 10.0. The summed E-state index contributed by atoms with van der Waals surface area (Å²) < 4.78 is 10.9. The lowest BCUT2D eigenvalue weighted by molar-refractivity contribution is 0.0951. The number of ether oxygens (including phenoxy) is 2. The van der Waals surface area contributed by atoms with Crippen LogP contribution in [0.2, 0.25) is 0 Å². The van der Waals surface area contributed by atoms with Crippen molar-refractivity contribution >= 4 is 22.5 Å². The number of aliphatic hydroxyl groups is 1. The number of aliphatic hydroxyl groups excluding tert-OH is 1. The fourth-order valence-electron chi connectivity index (χ4n) is 4.14. The molecule has 10 nitrogen and oxygen atoms in total. The van der Waals surface area contributed by atoms with E-state index in [1.165, 1.54) is 6.20 Å². The van der Waals surface area contributed by atoms with Crippen molar-refractivity contribution in [3.63, 3.8) is 0 Å². The van der Waals surface area contributed by atoms with E-state index in [1.54, 1.807) is 33.7 Å². The molecule has 1 aliphatic carbocycles. The Kier molecular flexibility index (Phi) is 7.34. The third-order valence-corrected chi connectivity index (χ3v) is 6.48. The molecule has 1 fully saturated rings. The molecule has 0 radical (unpaired) electrons. The van der Waals surface area contributed by atoms with Gasteiger partial charge in [0.1, 0.15) is 23.4 Å². The summed E-state index contributed by atoms with van der Waals surface area (Å²) in [4.78, 5) is 26.6. The van der Waals surface area contributed by atoms with Crippen LogP contribution < -0.4 is 25.4 Å². The molecule has 0 spiro atoms. The largest absolute Gasteiger partial charge is 0.497 e. The van der Waals surface area contributed by atoms with Gasteiger partial charge in [-0.25, -0.2) is 0 Å². The number of carbonyl (C=O) groups is 1. The maximum atomic E-state index is 13.2. The molecule has 196 valence electrons. The molecule has 2 aromatic carbocycles. The van der Waals surface area contributed by atoms with Crippen LogP contribution in [0.25, 0.3) is 22.2 Å². The molecule has 5 rings (SSSR count). The Morgan fingerprint density at radius 1 is 1.05 bits per heavy atom. The van der Waals surface area contributed by atoms with Crippen molar-refractivity contribution in [2.75, 3.05) is 26.6 Å². The average Bonchev–Trinajstić information content (AvgIpc) is 3.78. The quantitative estimate of drug-likeness (QED) is 0.235. The second-order valence-corrected chi connectivity index (χ2v) is 9.08. The highest BCUT2D eigenvalue weighted by molar-refractivity contribution is 6.08. The van der Waals surface area contributed by atoms with E-state index in [0.717, 1.165) is 29.5 Å². The molecule has 1 aliphatic rings. The predicted molar refractivity (Wildman–Crippen MR) is 144 cm³/mol. The van der Waals surface area contributed by atoms with Crippen molar-refractivity contribution in [2.45, 2.75) is 31.7 Å². The molecule has 1 unspecified atom stereocenters. The average molecular weight is 515 g/mol. The van der Waals surface area contributed by atoms with E-state index in [1.807, 2.05) is 36.4 Å². The van der Waals surface area contributed by atoms with Gasteiger partial charge in [-0.15, -0.1) is 0 Å². The summed E-state index contributed by atoms with van der Waals surface area (Å²) in [6.45, 7) is 0.491. The number of pyridine rings is 1. The van der Waals surface area contributed by atoms with Crippen LogP contribution in [-0.2, 0) is 6.54 Å². The van der Waals surface area contributed by atoms with Gasteiger partial charge in [-0.2, -0.15) is 0 Å². The van der Waals surface area contributed by atoms with E-state index in [2.05, 4.69) is 30.9 Å². The van der Waals surface area contributed by atoms with Gasteiger partial charge in [0.15, 0.2) is 0 Å². The standard InChI is InChI=1S/C28H30N6O4/c1-29-28(36)24-15-31-23(14-32-24)19-10-20-22(11-25(19)38-3)30-13-21(27(35)34-17-6-7-17)26(20)33-12-16-4-8-18(37-2)9-5-16/h4-5,8-11,13-15,17,28-29,36H,6-7,12H2,1-3H3,(H,30,33)(H,34,35). The minimum atomic E-state index is -0.916. The Morgan fingerprint density at radius 3 is 2.47 bits per heavy atom. The van der Waals surface area contributed by atoms with Gasteiger partial charge in [-0.3, -0.25) is 25.1 Å². The van der Waals surface area contributed by atoms with Gasteiger partial charge in [0, 0.05) is 35.8 Å². The van der Waals surface area contributed by atoms with Crippen molar-refractivity contribution < 1.29 is 19.4 Å². The number of hydrogen-bond donors (Lipinski definition) is 4. The number of benzene rings is 2. The first-order chi connectivity index (χ1) is 18.5. The fourth-order valence-corrected chi connectivity index (χ4v) is 4.14. The van der Waals surface area contributed by atoms with Crippen molar-refractivity contribution in [1.82, 2.24) is 25.6 Å². The second-order valence-electron chi connectivity index (χ2n) is 9.08. The van der Waals surface area contributed by atoms with Gasteiger partial charge >= 0.3 is 0 Å². The van der Waals surface area contributed by atoms with Gasteiger partial charge in [0.05, 0.1) is 49.1 Å². The molecular weight excluding hydrogens is 484 g/mol. The first-order valence-corrected chi connectivity index (χ1v) is 12.4. The van der Waals surface area contributed by atoms with Crippen molar-refractivity contribution in [3.8, 4) is 22.8 Å².